The van der Waals surface area contributed by atoms with Crippen molar-refractivity contribution in [2.75, 3.05) is 6.54 Å². The molecule has 0 saturated heterocycles. The Kier molecular flexibility index (Phi) is 4.24. The van der Waals surface area contributed by atoms with Gasteiger partial charge in [-0.3, -0.25) is 4.79 Å². The van der Waals surface area contributed by atoms with Gasteiger partial charge in [-0.15, -0.1) is 0 Å². The molecule has 1 aliphatic rings. The highest BCUT2D eigenvalue weighted by Gasteiger charge is 2.34. The maximum absolute atomic E-state index is 13.5. The van der Waals surface area contributed by atoms with Crippen molar-refractivity contribution in [1.29, 1.82) is 0 Å². The Labute approximate surface area is 171 Å². The molecule has 0 saturated carbocycles. The number of H-pyrrole nitrogens is 1. The lowest BCUT2D eigenvalue weighted by atomic mass is 9.91. The summed E-state index contributed by atoms with van der Waals surface area (Å²) in [6.07, 6.45) is 0.860. The first-order valence-corrected chi connectivity index (χ1v) is 10.2. The van der Waals surface area contributed by atoms with Crippen molar-refractivity contribution >= 4 is 16.8 Å². The van der Waals surface area contributed by atoms with Gasteiger partial charge in [0.1, 0.15) is 0 Å². The highest BCUT2D eigenvalue weighted by molar-refractivity contribution is 5.95. The molecule has 144 valence electrons. The molecule has 2 heterocycles. The zero-order chi connectivity index (χ0) is 20.0. The van der Waals surface area contributed by atoms with E-state index in [4.69, 9.17) is 0 Å². The summed E-state index contributed by atoms with van der Waals surface area (Å²) in [6, 6.07) is 24.8. The quantitative estimate of drug-likeness (QED) is 0.485. The van der Waals surface area contributed by atoms with Gasteiger partial charge in [0.2, 0.25) is 0 Å². The SMILES string of the molecule is Cc1ccc(C(=O)N2CCc3c([nH]c4ccccc34)[C@@H]2c2ccc(C)cc2)cc1. The third-order valence-corrected chi connectivity index (χ3v) is 5.99. The number of hydrogen-bond donors (Lipinski definition) is 1. The number of amides is 1. The molecule has 3 nitrogen and oxygen atoms in total. The molecule has 1 N–H and O–H groups in total. The van der Waals surface area contributed by atoms with Crippen molar-refractivity contribution in [3.05, 3.63) is 106 Å². The van der Waals surface area contributed by atoms with Gasteiger partial charge in [0.25, 0.3) is 5.91 Å². The van der Waals surface area contributed by atoms with E-state index in [1.54, 1.807) is 0 Å². The Hall–Kier alpha value is -3.33. The first-order valence-electron chi connectivity index (χ1n) is 10.2. The van der Waals surface area contributed by atoms with Crippen molar-refractivity contribution in [2.24, 2.45) is 0 Å². The number of aromatic amines is 1. The van der Waals surface area contributed by atoms with Crippen molar-refractivity contribution in [3.63, 3.8) is 0 Å². The predicted molar refractivity (Wildman–Crippen MR) is 117 cm³/mol. The molecule has 3 heteroatoms. The number of rotatable bonds is 2. The number of nitrogens with zero attached hydrogens (tertiary/aromatic N) is 1. The van der Waals surface area contributed by atoms with Crippen LogP contribution in [0.3, 0.4) is 0 Å². The average molecular weight is 380 g/mol. The molecule has 0 spiro atoms. The standard InChI is InChI=1S/C26H24N2O/c1-17-7-11-19(12-8-17)25-24-22(21-5-3-4-6-23(21)27-24)15-16-28(25)26(29)20-13-9-18(2)10-14-20/h3-14,25,27H,15-16H2,1-2H3/t25-/m0/s1. The fourth-order valence-electron chi connectivity index (χ4n) is 4.42. The number of nitrogens with one attached hydrogen (secondary N) is 1. The second-order valence-electron chi connectivity index (χ2n) is 7.99. The van der Waals surface area contributed by atoms with Gasteiger partial charge < -0.3 is 9.88 Å². The molecule has 1 aliphatic heterocycles. The van der Waals surface area contributed by atoms with Gasteiger partial charge in [0, 0.05) is 28.7 Å². The zero-order valence-electron chi connectivity index (χ0n) is 16.8. The number of aromatic nitrogens is 1. The highest BCUT2D eigenvalue weighted by atomic mass is 16.2. The van der Waals surface area contributed by atoms with Crippen LogP contribution in [0.1, 0.15) is 44.3 Å². The Morgan fingerprint density at radius 3 is 2.28 bits per heavy atom. The third-order valence-electron chi connectivity index (χ3n) is 5.99. The lowest BCUT2D eigenvalue weighted by molar-refractivity contribution is 0.0692. The number of benzene rings is 3. The van der Waals surface area contributed by atoms with Gasteiger partial charge in [-0.05, 0) is 49.6 Å². The number of aryl methyl sites for hydroxylation is 2. The van der Waals surface area contributed by atoms with Crippen LogP contribution >= 0.6 is 0 Å². The molecular weight excluding hydrogens is 356 g/mol. The van der Waals surface area contributed by atoms with Gasteiger partial charge in [0.05, 0.1) is 6.04 Å². The monoisotopic (exact) mass is 380 g/mol. The molecule has 0 bridgehead atoms. The normalized spacial score (nSPS) is 16.1. The largest absolute Gasteiger partial charge is 0.356 e. The maximum atomic E-state index is 13.5. The van der Waals surface area contributed by atoms with Crippen LogP contribution in [0, 0.1) is 13.8 Å². The summed E-state index contributed by atoms with van der Waals surface area (Å²) in [7, 11) is 0. The van der Waals surface area contributed by atoms with Crippen LogP contribution in [0.25, 0.3) is 10.9 Å². The average Bonchev–Trinajstić information content (AvgIpc) is 3.12. The maximum Gasteiger partial charge on any atom is 0.254 e. The van der Waals surface area contributed by atoms with Crippen LogP contribution in [0.2, 0.25) is 0 Å². The first kappa shape index (κ1) is 17.7. The predicted octanol–water partition coefficient (Wildman–Crippen LogP) is 5.57. The van der Waals surface area contributed by atoms with Crippen molar-refractivity contribution in [1.82, 2.24) is 9.88 Å². The molecule has 1 atom stereocenters. The molecule has 3 aromatic carbocycles. The summed E-state index contributed by atoms with van der Waals surface area (Å²) in [5, 5.41) is 1.27. The van der Waals surface area contributed by atoms with E-state index in [2.05, 4.69) is 60.4 Å². The van der Waals surface area contributed by atoms with Gasteiger partial charge >= 0.3 is 0 Å². The fourth-order valence-corrected chi connectivity index (χ4v) is 4.42. The second kappa shape index (κ2) is 6.93. The third kappa shape index (κ3) is 3.03. The van der Waals surface area contributed by atoms with E-state index in [0.717, 1.165) is 34.3 Å². The topological polar surface area (TPSA) is 36.1 Å². The minimum Gasteiger partial charge on any atom is -0.356 e. The minimum absolute atomic E-state index is 0.0832. The molecule has 29 heavy (non-hydrogen) atoms. The van der Waals surface area contributed by atoms with Crippen LogP contribution in [0.4, 0.5) is 0 Å². The Morgan fingerprint density at radius 1 is 0.897 bits per heavy atom. The molecule has 1 aromatic heterocycles. The fraction of sp³-hybridized carbons (Fsp3) is 0.192. The lowest BCUT2D eigenvalue weighted by Gasteiger charge is -2.36. The van der Waals surface area contributed by atoms with Crippen LogP contribution in [0.5, 0.6) is 0 Å². The first-order chi connectivity index (χ1) is 14.1. The van der Waals surface area contributed by atoms with Crippen molar-refractivity contribution < 1.29 is 4.79 Å². The smallest absolute Gasteiger partial charge is 0.254 e. The molecule has 0 unspecified atom stereocenters. The van der Waals surface area contributed by atoms with Crippen LogP contribution in [-0.4, -0.2) is 22.3 Å². The van der Waals surface area contributed by atoms with Gasteiger partial charge in [-0.2, -0.15) is 0 Å². The van der Waals surface area contributed by atoms with Crippen molar-refractivity contribution in [2.45, 2.75) is 26.3 Å². The van der Waals surface area contributed by atoms with E-state index >= 15 is 0 Å². The summed E-state index contributed by atoms with van der Waals surface area (Å²) >= 11 is 0. The highest BCUT2D eigenvalue weighted by Crippen LogP contribution is 2.39. The molecular formula is C26H24N2O. The summed E-state index contributed by atoms with van der Waals surface area (Å²) in [5.41, 5.74) is 7.88. The van der Waals surface area contributed by atoms with E-state index in [9.17, 15) is 4.79 Å². The van der Waals surface area contributed by atoms with E-state index in [-0.39, 0.29) is 11.9 Å². The minimum atomic E-state index is -0.111. The number of carbonyl (C=O) groups is 1. The van der Waals surface area contributed by atoms with Gasteiger partial charge in [-0.1, -0.05) is 65.7 Å². The number of fused-ring (bicyclic) bond motifs is 3. The summed E-state index contributed by atoms with van der Waals surface area (Å²) in [6.45, 7) is 4.84. The Morgan fingerprint density at radius 2 is 1.55 bits per heavy atom. The number of para-hydroxylation sites is 1. The second-order valence-corrected chi connectivity index (χ2v) is 7.99. The number of carbonyl (C=O) groups excluding carboxylic acids is 1. The molecule has 0 fully saturated rings. The molecule has 4 aromatic rings. The van der Waals surface area contributed by atoms with E-state index in [1.807, 2.05) is 36.1 Å². The zero-order valence-corrected chi connectivity index (χ0v) is 16.8. The van der Waals surface area contributed by atoms with Gasteiger partial charge in [-0.25, -0.2) is 0 Å². The van der Waals surface area contributed by atoms with Crippen LogP contribution < -0.4 is 0 Å². The molecule has 0 radical (unpaired) electrons. The van der Waals surface area contributed by atoms with Crippen LogP contribution in [-0.2, 0) is 6.42 Å². The summed E-state index contributed by atoms with van der Waals surface area (Å²) in [4.78, 5) is 19.2. The Balaban J connectivity index is 1.65. The summed E-state index contributed by atoms with van der Waals surface area (Å²) < 4.78 is 0. The van der Waals surface area contributed by atoms with E-state index in [1.165, 1.54) is 16.5 Å². The molecule has 0 aliphatic carbocycles. The van der Waals surface area contributed by atoms with E-state index in [0.29, 0.717) is 6.54 Å². The Bertz CT molecular complexity index is 1190. The van der Waals surface area contributed by atoms with E-state index < -0.39 is 0 Å². The number of hydrogen-bond acceptors (Lipinski definition) is 1. The van der Waals surface area contributed by atoms with Crippen molar-refractivity contribution in [3.8, 4) is 0 Å². The molecule has 1 amide bonds. The molecule has 5 rings (SSSR count). The lowest BCUT2D eigenvalue weighted by Crippen LogP contribution is -2.40. The van der Waals surface area contributed by atoms with Crippen LogP contribution in [0.15, 0.2) is 72.8 Å². The van der Waals surface area contributed by atoms with Gasteiger partial charge in [0.15, 0.2) is 0 Å². The summed E-state index contributed by atoms with van der Waals surface area (Å²) in [5.74, 6) is 0.0832.